The molecule has 29 heavy (non-hydrogen) atoms. The first-order valence-electron chi connectivity index (χ1n) is 9.27. The predicted molar refractivity (Wildman–Crippen MR) is 96.1 cm³/mol. The van der Waals surface area contributed by atoms with E-state index in [1.54, 1.807) is 0 Å². The molecule has 2 atom stereocenters. The van der Waals surface area contributed by atoms with Crippen LogP contribution in [0.25, 0.3) is 0 Å². The van der Waals surface area contributed by atoms with E-state index in [4.69, 9.17) is 4.74 Å². The Kier molecular flexibility index (Phi) is 6.53. The lowest BCUT2D eigenvalue weighted by Gasteiger charge is -2.32. The van der Waals surface area contributed by atoms with Crippen LogP contribution in [-0.4, -0.2) is 19.2 Å². The Balaban J connectivity index is 1.74. The number of piperidine rings is 1. The average molecular weight is 417 g/mol. The molecule has 158 valence electrons. The van der Waals surface area contributed by atoms with Gasteiger partial charge in [-0.25, -0.2) is 0 Å². The number of hydrogen-bond donors (Lipinski definition) is 1. The lowest BCUT2D eigenvalue weighted by atomic mass is 9.89. The van der Waals surface area contributed by atoms with Crippen LogP contribution in [-0.2, 0) is 30.1 Å². The standard InChI is InChI=1S/C21H21F6NO/c22-20(23,24)17-9-15(10-18(11-17)21(25,26)27)13-29-19-6-7-28-12-16(19)8-14-4-2-1-3-5-14/h1-5,9-11,16,19,28H,6-8,12-13H2/t16-,19+/m1/s1. The molecule has 1 aliphatic heterocycles. The zero-order valence-electron chi connectivity index (χ0n) is 15.5. The molecule has 0 bridgehead atoms. The van der Waals surface area contributed by atoms with Gasteiger partial charge in [-0.1, -0.05) is 30.3 Å². The summed E-state index contributed by atoms with van der Waals surface area (Å²) in [5, 5.41) is 3.26. The van der Waals surface area contributed by atoms with Crippen molar-refractivity contribution in [2.24, 2.45) is 5.92 Å². The number of rotatable bonds is 5. The van der Waals surface area contributed by atoms with Crippen molar-refractivity contribution in [3.05, 3.63) is 70.8 Å². The van der Waals surface area contributed by atoms with E-state index >= 15 is 0 Å². The number of alkyl halides is 6. The minimum atomic E-state index is -4.86. The molecule has 2 nitrogen and oxygen atoms in total. The van der Waals surface area contributed by atoms with E-state index in [1.165, 1.54) is 0 Å². The maximum absolute atomic E-state index is 13.0. The van der Waals surface area contributed by atoms with Gasteiger partial charge in [-0.15, -0.1) is 0 Å². The summed E-state index contributed by atoms with van der Waals surface area (Å²) >= 11 is 0. The Labute approximate surface area is 164 Å². The SMILES string of the molecule is FC(F)(F)c1cc(CO[C@H]2CCNC[C@H]2Cc2ccccc2)cc(C(F)(F)F)c1. The highest BCUT2D eigenvalue weighted by molar-refractivity contribution is 5.33. The van der Waals surface area contributed by atoms with E-state index in [9.17, 15) is 26.3 Å². The lowest BCUT2D eigenvalue weighted by Crippen LogP contribution is -2.42. The van der Waals surface area contributed by atoms with Crippen molar-refractivity contribution in [1.82, 2.24) is 5.32 Å². The average Bonchev–Trinajstić information content (AvgIpc) is 2.66. The Bertz CT molecular complexity index is 771. The van der Waals surface area contributed by atoms with E-state index < -0.39 is 23.5 Å². The number of nitrogens with one attached hydrogen (secondary N) is 1. The molecule has 2 aromatic rings. The molecule has 0 aromatic heterocycles. The minimum Gasteiger partial charge on any atom is -0.373 e. The summed E-state index contributed by atoms with van der Waals surface area (Å²) in [4.78, 5) is 0. The molecule has 2 aromatic carbocycles. The van der Waals surface area contributed by atoms with Crippen molar-refractivity contribution in [2.45, 2.75) is 37.9 Å². The Morgan fingerprint density at radius 1 is 0.862 bits per heavy atom. The highest BCUT2D eigenvalue weighted by atomic mass is 19.4. The van der Waals surface area contributed by atoms with Gasteiger partial charge in [0.05, 0.1) is 23.8 Å². The van der Waals surface area contributed by atoms with Gasteiger partial charge < -0.3 is 10.1 Å². The van der Waals surface area contributed by atoms with Crippen molar-refractivity contribution < 1.29 is 31.1 Å². The first-order chi connectivity index (χ1) is 13.6. The van der Waals surface area contributed by atoms with Gasteiger partial charge in [-0.2, -0.15) is 26.3 Å². The first kappa shape index (κ1) is 21.6. The molecule has 1 fully saturated rings. The van der Waals surface area contributed by atoms with Gasteiger partial charge in [0.2, 0.25) is 0 Å². The second kappa shape index (κ2) is 8.75. The van der Waals surface area contributed by atoms with Crippen molar-refractivity contribution >= 4 is 0 Å². The van der Waals surface area contributed by atoms with Crippen LogP contribution >= 0.6 is 0 Å². The number of hydrogen-bond acceptors (Lipinski definition) is 2. The molecule has 0 unspecified atom stereocenters. The van der Waals surface area contributed by atoms with Crippen LogP contribution in [0.3, 0.4) is 0 Å². The number of halogens is 6. The Hall–Kier alpha value is -2.06. The molecular formula is C21H21F6NO. The van der Waals surface area contributed by atoms with E-state index in [0.717, 1.165) is 24.1 Å². The van der Waals surface area contributed by atoms with Gasteiger partial charge in [0.1, 0.15) is 0 Å². The third kappa shape index (κ3) is 5.96. The van der Waals surface area contributed by atoms with Crippen LogP contribution in [0.1, 0.15) is 28.7 Å². The molecule has 0 radical (unpaired) electrons. The first-order valence-corrected chi connectivity index (χ1v) is 9.27. The molecule has 0 amide bonds. The summed E-state index contributed by atoms with van der Waals surface area (Å²) in [5.41, 5.74) is -1.67. The zero-order chi connectivity index (χ0) is 21.1. The van der Waals surface area contributed by atoms with Gasteiger partial charge in [-0.05, 0) is 48.7 Å². The molecular weight excluding hydrogens is 396 g/mol. The fourth-order valence-electron chi connectivity index (χ4n) is 3.54. The Morgan fingerprint density at radius 3 is 2.07 bits per heavy atom. The second-order valence-corrected chi connectivity index (χ2v) is 7.21. The van der Waals surface area contributed by atoms with E-state index in [2.05, 4.69) is 5.32 Å². The molecule has 1 saturated heterocycles. The fraction of sp³-hybridized carbons (Fsp3) is 0.429. The van der Waals surface area contributed by atoms with E-state index in [-0.39, 0.29) is 30.3 Å². The summed E-state index contributed by atoms with van der Waals surface area (Å²) in [5.74, 6) is 0.0824. The number of benzene rings is 2. The largest absolute Gasteiger partial charge is 0.416 e. The highest BCUT2D eigenvalue weighted by Gasteiger charge is 2.37. The molecule has 0 saturated carbocycles. The van der Waals surface area contributed by atoms with Crippen molar-refractivity contribution in [1.29, 1.82) is 0 Å². The van der Waals surface area contributed by atoms with Crippen molar-refractivity contribution in [3.63, 3.8) is 0 Å². The topological polar surface area (TPSA) is 21.3 Å². The molecule has 1 aliphatic rings. The Morgan fingerprint density at radius 2 is 1.48 bits per heavy atom. The molecule has 1 heterocycles. The molecule has 0 spiro atoms. The van der Waals surface area contributed by atoms with Crippen LogP contribution in [0, 0.1) is 5.92 Å². The van der Waals surface area contributed by atoms with Crippen LogP contribution in [0.15, 0.2) is 48.5 Å². The van der Waals surface area contributed by atoms with Gasteiger partial charge in [0.25, 0.3) is 0 Å². The highest BCUT2D eigenvalue weighted by Crippen LogP contribution is 2.36. The summed E-state index contributed by atoms with van der Waals surface area (Å²) in [7, 11) is 0. The smallest absolute Gasteiger partial charge is 0.373 e. The molecule has 1 N–H and O–H groups in total. The molecule has 3 rings (SSSR count). The lowest BCUT2D eigenvalue weighted by molar-refractivity contribution is -0.143. The minimum absolute atomic E-state index is 0.0824. The third-order valence-corrected chi connectivity index (χ3v) is 4.99. The summed E-state index contributed by atoms with van der Waals surface area (Å²) in [6.45, 7) is 1.06. The summed E-state index contributed by atoms with van der Waals surface area (Å²) in [6, 6.07) is 11.3. The van der Waals surface area contributed by atoms with Gasteiger partial charge in [0.15, 0.2) is 0 Å². The molecule has 8 heteroatoms. The second-order valence-electron chi connectivity index (χ2n) is 7.21. The summed E-state index contributed by atoms with van der Waals surface area (Å²) in [6.07, 6.45) is -8.61. The predicted octanol–water partition coefficient (Wildman–Crippen LogP) is 5.46. The molecule has 0 aliphatic carbocycles. The fourth-order valence-corrected chi connectivity index (χ4v) is 3.54. The van der Waals surface area contributed by atoms with Crippen LogP contribution in [0.2, 0.25) is 0 Å². The van der Waals surface area contributed by atoms with Crippen molar-refractivity contribution in [3.8, 4) is 0 Å². The normalized spacial score (nSPS) is 20.6. The maximum atomic E-state index is 13.0. The van der Waals surface area contributed by atoms with Crippen LogP contribution < -0.4 is 5.32 Å². The van der Waals surface area contributed by atoms with E-state index in [1.807, 2.05) is 30.3 Å². The van der Waals surface area contributed by atoms with E-state index in [0.29, 0.717) is 19.5 Å². The maximum Gasteiger partial charge on any atom is 0.416 e. The van der Waals surface area contributed by atoms with Gasteiger partial charge >= 0.3 is 12.4 Å². The number of ether oxygens (including phenoxy) is 1. The third-order valence-electron chi connectivity index (χ3n) is 4.99. The quantitative estimate of drug-likeness (QED) is 0.653. The monoisotopic (exact) mass is 417 g/mol. The van der Waals surface area contributed by atoms with Gasteiger partial charge in [-0.3, -0.25) is 0 Å². The zero-order valence-corrected chi connectivity index (χ0v) is 15.5. The summed E-state index contributed by atoms with van der Waals surface area (Å²) < 4.78 is 83.9. The van der Waals surface area contributed by atoms with Crippen molar-refractivity contribution in [2.75, 3.05) is 13.1 Å². The van der Waals surface area contributed by atoms with Crippen LogP contribution in [0.4, 0.5) is 26.3 Å². The van der Waals surface area contributed by atoms with Crippen LogP contribution in [0.5, 0.6) is 0 Å². The van der Waals surface area contributed by atoms with Gasteiger partial charge in [0, 0.05) is 12.5 Å².